The molecule has 1 N–H and O–H groups in total. The van der Waals surface area contributed by atoms with Crippen LogP contribution in [0.4, 0.5) is 14.7 Å². The molecule has 3 rings (SSSR count). The number of aromatic nitrogens is 2. The molecule has 1 aliphatic rings. The quantitative estimate of drug-likeness (QED) is 0.943. The SMILES string of the molecule is Cc1ccnc(NC2CCN(Cc3c(F)cccc3F)C2)n1. The molecule has 1 aromatic heterocycles. The highest BCUT2D eigenvalue weighted by Crippen LogP contribution is 2.19. The van der Waals surface area contributed by atoms with E-state index in [4.69, 9.17) is 0 Å². The molecule has 2 aromatic rings. The van der Waals surface area contributed by atoms with E-state index in [1.54, 1.807) is 6.20 Å². The van der Waals surface area contributed by atoms with Crippen LogP contribution in [0.2, 0.25) is 0 Å². The molecule has 0 amide bonds. The fraction of sp³-hybridized carbons (Fsp3) is 0.375. The molecule has 0 bridgehead atoms. The summed E-state index contributed by atoms with van der Waals surface area (Å²) in [5, 5.41) is 3.28. The first-order valence-corrected chi connectivity index (χ1v) is 7.33. The summed E-state index contributed by atoms with van der Waals surface area (Å²) in [6.45, 7) is 3.70. The third-order valence-corrected chi connectivity index (χ3v) is 3.84. The zero-order valence-corrected chi connectivity index (χ0v) is 12.4. The molecule has 4 nitrogen and oxygen atoms in total. The maximum Gasteiger partial charge on any atom is 0.223 e. The number of aryl methyl sites for hydroxylation is 1. The maximum atomic E-state index is 13.7. The molecule has 1 aromatic carbocycles. The third kappa shape index (κ3) is 3.39. The first kappa shape index (κ1) is 14.8. The Morgan fingerprint density at radius 1 is 1.27 bits per heavy atom. The van der Waals surface area contributed by atoms with Gasteiger partial charge in [0.05, 0.1) is 0 Å². The second kappa shape index (κ2) is 6.36. The summed E-state index contributed by atoms with van der Waals surface area (Å²) in [5.41, 5.74) is 1.04. The Balaban J connectivity index is 1.61. The van der Waals surface area contributed by atoms with Gasteiger partial charge >= 0.3 is 0 Å². The zero-order valence-electron chi connectivity index (χ0n) is 12.4. The Morgan fingerprint density at radius 2 is 2.05 bits per heavy atom. The highest BCUT2D eigenvalue weighted by molar-refractivity contribution is 5.27. The number of benzene rings is 1. The van der Waals surface area contributed by atoms with Crippen LogP contribution in [0.1, 0.15) is 17.7 Å². The van der Waals surface area contributed by atoms with Gasteiger partial charge in [-0.25, -0.2) is 18.7 Å². The smallest absolute Gasteiger partial charge is 0.223 e. The second-order valence-corrected chi connectivity index (χ2v) is 5.59. The minimum Gasteiger partial charge on any atom is -0.350 e. The molecule has 1 aliphatic heterocycles. The number of rotatable bonds is 4. The molecule has 2 heterocycles. The van der Waals surface area contributed by atoms with Crippen LogP contribution >= 0.6 is 0 Å². The van der Waals surface area contributed by atoms with Gasteiger partial charge in [0, 0.05) is 43.1 Å². The van der Waals surface area contributed by atoms with Gasteiger partial charge in [-0.15, -0.1) is 0 Å². The summed E-state index contributed by atoms with van der Waals surface area (Å²) in [6.07, 6.45) is 2.61. The summed E-state index contributed by atoms with van der Waals surface area (Å²) in [6, 6.07) is 6.01. The van der Waals surface area contributed by atoms with Crippen LogP contribution in [0.3, 0.4) is 0 Å². The van der Waals surface area contributed by atoms with Crippen molar-refractivity contribution in [3.8, 4) is 0 Å². The van der Waals surface area contributed by atoms with Crippen LogP contribution in [-0.2, 0) is 6.54 Å². The Hall–Kier alpha value is -2.08. The van der Waals surface area contributed by atoms with Crippen molar-refractivity contribution >= 4 is 5.95 Å². The molecule has 116 valence electrons. The van der Waals surface area contributed by atoms with Gasteiger partial charge in [0.15, 0.2) is 0 Å². The Kier molecular flexibility index (Phi) is 4.29. The van der Waals surface area contributed by atoms with Gasteiger partial charge in [-0.3, -0.25) is 4.90 Å². The Morgan fingerprint density at radius 3 is 2.77 bits per heavy atom. The summed E-state index contributed by atoms with van der Waals surface area (Å²) in [4.78, 5) is 10.5. The van der Waals surface area contributed by atoms with Crippen LogP contribution in [0.5, 0.6) is 0 Å². The van der Waals surface area contributed by atoms with Gasteiger partial charge in [-0.2, -0.15) is 0 Å². The lowest BCUT2D eigenvalue weighted by Gasteiger charge is -2.17. The van der Waals surface area contributed by atoms with E-state index in [1.165, 1.54) is 18.2 Å². The molecule has 0 aliphatic carbocycles. The minimum absolute atomic E-state index is 0.134. The number of nitrogens with one attached hydrogen (secondary N) is 1. The fourth-order valence-corrected chi connectivity index (χ4v) is 2.70. The van der Waals surface area contributed by atoms with Crippen LogP contribution in [0.25, 0.3) is 0 Å². The lowest BCUT2D eigenvalue weighted by atomic mass is 10.2. The van der Waals surface area contributed by atoms with E-state index < -0.39 is 11.6 Å². The van der Waals surface area contributed by atoms with E-state index >= 15 is 0 Å². The van der Waals surface area contributed by atoms with Crippen molar-refractivity contribution in [2.75, 3.05) is 18.4 Å². The molecule has 0 saturated carbocycles. The van der Waals surface area contributed by atoms with E-state index in [0.29, 0.717) is 12.5 Å². The predicted molar refractivity (Wildman–Crippen MR) is 80.4 cm³/mol. The molecule has 0 spiro atoms. The van der Waals surface area contributed by atoms with Gasteiger partial charge in [0.2, 0.25) is 5.95 Å². The fourth-order valence-electron chi connectivity index (χ4n) is 2.70. The van der Waals surface area contributed by atoms with E-state index in [-0.39, 0.29) is 18.2 Å². The van der Waals surface area contributed by atoms with Crippen molar-refractivity contribution in [3.63, 3.8) is 0 Å². The molecule has 6 heteroatoms. The van der Waals surface area contributed by atoms with Crippen LogP contribution < -0.4 is 5.32 Å². The standard InChI is InChI=1S/C16H18F2N4/c1-11-5-7-19-16(20-11)21-12-6-8-22(9-12)10-13-14(17)3-2-4-15(13)18/h2-5,7,12H,6,8-10H2,1H3,(H,19,20,21). The largest absolute Gasteiger partial charge is 0.350 e. The number of nitrogens with zero attached hydrogens (tertiary/aromatic N) is 3. The summed E-state index contributed by atoms with van der Waals surface area (Å²) in [7, 11) is 0. The highest BCUT2D eigenvalue weighted by atomic mass is 19.1. The van der Waals surface area contributed by atoms with Gasteiger partial charge in [-0.05, 0) is 31.5 Å². The molecule has 1 fully saturated rings. The van der Waals surface area contributed by atoms with Crippen LogP contribution in [-0.4, -0.2) is 34.0 Å². The number of halogens is 2. The first-order valence-electron chi connectivity index (χ1n) is 7.33. The molecule has 0 radical (unpaired) electrons. The zero-order chi connectivity index (χ0) is 15.5. The predicted octanol–water partition coefficient (Wildman–Crippen LogP) is 2.75. The average molecular weight is 304 g/mol. The van der Waals surface area contributed by atoms with Gasteiger partial charge < -0.3 is 5.32 Å². The Labute approximate surface area is 128 Å². The van der Waals surface area contributed by atoms with Gasteiger partial charge in [0.1, 0.15) is 11.6 Å². The second-order valence-electron chi connectivity index (χ2n) is 5.59. The molecule has 1 unspecified atom stereocenters. The summed E-state index contributed by atoms with van der Waals surface area (Å²) < 4.78 is 27.4. The molecule has 1 saturated heterocycles. The van der Waals surface area contributed by atoms with Crippen molar-refractivity contribution < 1.29 is 8.78 Å². The van der Waals surface area contributed by atoms with Crippen molar-refractivity contribution in [2.45, 2.75) is 25.9 Å². The third-order valence-electron chi connectivity index (χ3n) is 3.84. The Bertz CT molecular complexity index is 642. The van der Waals surface area contributed by atoms with Crippen LogP contribution in [0.15, 0.2) is 30.5 Å². The lowest BCUT2D eigenvalue weighted by molar-refractivity contribution is 0.316. The van der Waals surface area contributed by atoms with Crippen molar-refractivity contribution in [1.29, 1.82) is 0 Å². The minimum atomic E-state index is -0.488. The van der Waals surface area contributed by atoms with Gasteiger partial charge in [-0.1, -0.05) is 6.07 Å². The van der Waals surface area contributed by atoms with E-state index in [2.05, 4.69) is 15.3 Å². The normalized spacial score (nSPS) is 18.6. The number of hydrogen-bond acceptors (Lipinski definition) is 4. The number of likely N-dealkylation sites (tertiary alicyclic amines) is 1. The molecular weight excluding hydrogens is 286 g/mol. The summed E-state index contributed by atoms with van der Waals surface area (Å²) >= 11 is 0. The van der Waals surface area contributed by atoms with E-state index in [9.17, 15) is 8.78 Å². The van der Waals surface area contributed by atoms with Crippen LogP contribution in [0, 0.1) is 18.6 Å². The van der Waals surface area contributed by atoms with Crippen molar-refractivity contribution in [2.24, 2.45) is 0 Å². The molecular formula is C16H18F2N4. The monoisotopic (exact) mass is 304 g/mol. The summed E-state index contributed by atoms with van der Waals surface area (Å²) in [5.74, 6) is -0.374. The number of hydrogen-bond donors (Lipinski definition) is 1. The van der Waals surface area contributed by atoms with E-state index in [1.807, 2.05) is 17.9 Å². The van der Waals surface area contributed by atoms with E-state index in [0.717, 1.165) is 18.7 Å². The van der Waals surface area contributed by atoms with Crippen molar-refractivity contribution in [1.82, 2.24) is 14.9 Å². The first-order chi connectivity index (χ1) is 10.6. The molecule has 22 heavy (non-hydrogen) atoms. The topological polar surface area (TPSA) is 41.1 Å². The number of anilines is 1. The lowest BCUT2D eigenvalue weighted by Crippen LogP contribution is -2.27. The maximum absolute atomic E-state index is 13.7. The average Bonchev–Trinajstić information content (AvgIpc) is 2.90. The van der Waals surface area contributed by atoms with Crippen molar-refractivity contribution in [3.05, 3.63) is 53.4 Å². The molecule has 1 atom stereocenters. The van der Waals surface area contributed by atoms with Gasteiger partial charge in [0.25, 0.3) is 0 Å². The highest BCUT2D eigenvalue weighted by Gasteiger charge is 2.24.